The fourth-order valence-corrected chi connectivity index (χ4v) is 3.47. The van der Waals surface area contributed by atoms with Crippen molar-refractivity contribution >= 4 is 11.8 Å². The minimum absolute atomic E-state index is 0.0912. The Balaban J connectivity index is 1.45. The molecule has 1 atom stereocenters. The van der Waals surface area contributed by atoms with Gasteiger partial charge in [-0.3, -0.25) is 0 Å². The van der Waals surface area contributed by atoms with Crippen molar-refractivity contribution in [1.29, 1.82) is 0 Å². The van der Waals surface area contributed by atoms with Gasteiger partial charge in [0.25, 0.3) is 0 Å². The lowest BCUT2D eigenvalue weighted by Crippen LogP contribution is -2.43. The van der Waals surface area contributed by atoms with Crippen LogP contribution in [0.2, 0.25) is 0 Å². The summed E-state index contributed by atoms with van der Waals surface area (Å²) in [5.74, 6) is 1.57. The molecular formula is C19H30N4O2. The molecule has 6 heteroatoms. The van der Waals surface area contributed by atoms with E-state index in [2.05, 4.69) is 26.6 Å². The van der Waals surface area contributed by atoms with Gasteiger partial charge in [0, 0.05) is 38.5 Å². The van der Waals surface area contributed by atoms with Crippen molar-refractivity contribution in [3.63, 3.8) is 0 Å². The highest BCUT2D eigenvalue weighted by molar-refractivity contribution is 5.74. The van der Waals surface area contributed by atoms with Gasteiger partial charge in [-0.25, -0.2) is 9.78 Å². The number of carbonyl (C=O) groups excluding carboxylic acids is 1. The summed E-state index contributed by atoms with van der Waals surface area (Å²) in [4.78, 5) is 19.0. The molecule has 6 nitrogen and oxygen atoms in total. The number of hydrogen-bond donors (Lipinski definition) is 3. The van der Waals surface area contributed by atoms with Gasteiger partial charge in [-0.15, -0.1) is 0 Å². The van der Waals surface area contributed by atoms with Crippen LogP contribution in [0.3, 0.4) is 0 Å². The Kier molecular flexibility index (Phi) is 6.50. The zero-order valence-corrected chi connectivity index (χ0v) is 14.9. The summed E-state index contributed by atoms with van der Waals surface area (Å²) in [5.41, 5.74) is 0.999. The molecule has 1 aliphatic carbocycles. The molecule has 0 bridgehead atoms. The highest BCUT2D eigenvalue weighted by Gasteiger charge is 2.31. The molecule has 2 fully saturated rings. The maximum absolute atomic E-state index is 12.1. The molecule has 1 saturated heterocycles. The van der Waals surface area contributed by atoms with Gasteiger partial charge in [-0.05, 0) is 49.7 Å². The van der Waals surface area contributed by atoms with Crippen LogP contribution >= 0.6 is 0 Å². The molecule has 3 rings (SSSR count). The quantitative estimate of drug-likeness (QED) is 0.709. The highest BCUT2D eigenvalue weighted by Crippen LogP contribution is 2.33. The Bertz CT molecular complexity index is 537. The lowest BCUT2D eigenvalue weighted by Gasteiger charge is -2.21. The first-order valence-corrected chi connectivity index (χ1v) is 9.61. The van der Waals surface area contributed by atoms with E-state index >= 15 is 0 Å². The second-order valence-corrected chi connectivity index (χ2v) is 7.21. The summed E-state index contributed by atoms with van der Waals surface area (Å²) in [6, 6.07) is 4.02. The van der Waals surface area contributed by atoms with E-state index in [-0.39, 0.29) is 18.7 Å². The number of aromatic nitrogens is 1. The molecule has 1 aliphatic heterocycles. The van der Waals surface area contributed by atoms with Gasteiger partial charge in [0.15, 0.2) is 0 Å². The van der Waals surface area contributed by atoms with Gasteiger partial charge in [0.2, 0.25) is 0 Å². The first-order chi connectivity index (χ1) is 12.3. The molecule has 2 heterocycles. The number of urea groups is 1. The van der Waals surface area contributed by atoms with E-state index in [4.69, 9.17) is 5.11 Å². The average molecular weight is 346 g/mol. The molecule has 25 heavy (non-hydrogen) atoms. The predicted molar refractivity (Wildman–Crippen MR) is 98.5 cm³/mol. The number of aliphatic hydroxyl groups is 1. The van der Waals surface area contributed by atoms with E-state index in [1.165, 1.54) is 25.7 Å². The van der Waals surface area contributed by atoms with E-state index in [9.17, 15) is 4.79 Å². The molecule has 1 saturated carbocycles. The zero-order valence-electron chi connectivity index (χ0n) is 14.9. The SMILES string of the molecule is O=C(NCc1ccc(N2CCCCCC2)nc1)N[C@@H](CCO)C1CC1. The van der Waals surface area contributed by atoms with Crippen molar-refractivity contribution in [2.75, 3.05) is 24.6 Å². The van der Waals surface area contributed by atoms with Crippen LogP contribution < -0.4 is 15.5 Å². The van der Waals surface area contributed by atoms with E-state index in [0.29, 0.717) is 18.9 Å². The first kappa shape index (κ1) is 18.0. The monoisotopic (exact) mass is 346 g/mol. The van der Waals surface area contributed by atoms with Crippen LogP contribution in [-0.2, 0) is 6.54 Å². The summed E-state index contributed by atoms with van der Waals surface area (Å²) in [6.45, 7) is 2.75. The van der Waals surface area contributed by atoms with Crippen LogP contribution in [0.1, 0.15) is 50.5 Å². The second kappa shape index (κ2) is 9.04. The summed E-state index contributed by atoms with van der Waals surface area (Å²) in [7, 11) is 0. The number of amides is 2. The molecule has 138 valence electrons. The molecule has 3 N–H and O–H groups in total. The minimum Gasteiger partial charge on any atom is -0.396 e. The van der Waals surface area contributed by atoms with Gasteiger partial charge >= 0.3 is 6.03 Å². The number of aliphatic hydroxyl groups excluding tert-OH is 1. The predicted octanol–water partition coefficient (Wildman–Crippen LogP) is 2.42. The fourth-order valence-electron chi connectivity index (χ4n) is 3.47. The molecule has 0 unspecified atom stereocenters. The Hall–Kier alpha value is -1.82. The molecule has 0 radical (unpaired) electrons. The number of hydrogen-bond acceptors (Lipinski definition) is 4. The Morgan fingerprint density at radius 1 is 1.24 bits per heavy atom. The maximum atomic E-state index is 12.1. The van der Waals surface area contributed by atoms with Crippen molar-refractivity contribution in [2.24, 2.45) is 5.92 Å². The molecule has 0 spiro atoms. The van der Waals surface area contributed by atoms with Gasteiger partial charge in [0.1, 0.15) is 5.82 Å². The largest absolute Gasteiger partial charge is 0.396 e. The van der Waals surface area contributed by atoms with Gasteiger partial charge in [-0.1, -0.05) is 18.9 Å². The van der Waals surface area contributed by atoms with E-state index in [1.807, 2.05) is 12.3 Å². The Morgan fingerprint density at radius 3 is 2.60 bits per heavy atom. The van der Waals surface area contributed by atoms with Gasteiger partial charge in [0.05, 0.1) is 0 Å². The maximum Gasteiger partial charge on any atom is 0.315 e. The number of anilines is 1. The first-order valence-electron chi connectivity index (χ1n) is 9.61. The van der Waals surface area contributed by atoms with Crippen LogP contribution in [0.5, 0.6) is 0 Å². The molecular weight excluding hydrogens is 316 g/mol. The second-order valence-electron chi connectivity index (χ2n) is 7.21. The number of nitrogens with one attached hydrogen (secondary N) is 2. The summed E-state index contributed by atoms with van der Waals surface area (Å²) in [5, 5.41) is 15.0. The molecule has 1 aromatic heterocycles. The number of rotatable bonds is 7. The highest BCUT2D eigenvalue weighted by atomic mass is 16.3. The van der Waals surface area contributed by atoms with E-state index in [1.54, 1.807) is 0 Å². The number of pyridine rings is 1. The van der Waals surface area contributed by atoms with E-state index < -0.39 is 0 Å². The fraction of sp³-hybridized carbons (Fsp3) is 0.684. The lowest BCUT2D eigenvalue weighted by atomic mass is 10.1. The van der Waals surface area contributed by atoms with Crippen molar-refractivity contribution < 1.29 is 9.90 Å². The molecule has 2 amide bonds. The molecule has 0 aromatic carbocycles. The van der Waals surface area contributed by atoms with Crippen molar-refractivity contribution in [1.82, 2.24) is 15.6 Å². The van der Waals surface area contributed by atoms with Gasteiger partial charge < -0.3 is 20.6 Å². The smallest absolute Gasteiger partial charge is 0.315 e. The summed E-state index contributed by atoms with van der Waals surface area (Å²) in [6.07, 6.45) is 9.87. The zero-order chi connectivity index (χ0) is 17.5. The third kappa shape index (κ3) is 5.59. The lowest BCUT2D eigenvalue weighted by molar-refractivity contribution is 0.224. The summed E-state index contributed by atoms with van der Waals surface area (Å²) >= 11 is 0. The van der Waals surface area contributed by atoms with Gasteiger partial charge in [-0.2, -0.15) is 0 Å². The van der Waals surface area contributed by atoms with Crippen molar-refractivity contribution in [3.05, 3.63) is 23.9 Å². The van der Waals surface area contributed by atoms with Crippen molar-refractivity contribution in [3.8, 4) is 0 Å². The Labute approximate surface area is 150 Å². The van der Waals surface area contributed by atoms with Crippen LogP contribution in [0, 0.1) is 5.92 Å². The number of carbonyl (C=O) groups is 1. The van der Waals surface area contributed by atoms with Crippen LogP contribution in [-0.4, -0.2) is 41.9 Å². The van der Waals surface area contributed by atoms with E-state index in [0.717, 1.165) is 37.3 Å². The number of nitrogens with zero attached hydrogens (tertiary/aromatic N) is 2. The van der Waals surface area contributed by atoms with Crippen LogP contribution in [0.4, 0.5) is 10.6 Å². The van der Waals surface area contributed by atoms with Crippen molar-refractivity contribution in [2.45, 2.75) is 57.5 Å². The topological polar surface area (TPSA) is 77.5 Å². The van der Waals surface area contributed by atoms with Crippen LogP contribution in [0.25, 0.3) is 0 Å². The molecule has 1 aromatic rings. The normalized spacial score (nSPS) is 19.2. The third-order valence-electron chi connectivity index (χ3n) is 5.14. The Morgan fingerprint density at radius 2 is 2.00 bits per heavy atom. The third-order valence-corrected chi connectivity index (χ3v) is 5.14. The van der Waals surface area contributed by atoms with Crippen LogP contribution in [0.15, 0.2) is 18.3 Å². The molecule has 2 aliphatic rings. The average Bonchev–Trinajstić information content (AvgIpc) is 3.47. The minimum atomic E-state index is -0.165. The standard InChI is InChI=1S/C19H30N4O2/c24-12-9-17(16-6-7-16)22-19(25)21-14-15-5-8-18(20-13-15)23-10-3-1-2-4-11-23/h5,8,13,16-17,24H,1-4,6-7,9-12,14H2,(H2,21,22,25)/t17-/m0/s1. The summed E-state index contributed by atoms with van der Waals surface area (Å²) < 4.78 is 0.